The molecule has 2 unspecified atom stereocenters. The second kappa shape index (κ2) is 5.77. The normalized spacial score (nSPS) is 24.2. The van der Waals surface area contributed by atoms with E-state index in [1.54, 1.807) is 13.2 Å². The molecular formula is C13H17F3N2O. The summed E-state index contributed by atoms with van der Waals surface area (Å²) < 4.78 is 43.0. The predicted octanol–water partition coefficient (Wildman–Crippen LogP) is 3.47. The molecule has 1 aliphatic carbocycles. The van der Waals surface area contributed by atoms with Crippen LogP contribution in [-0.4, -0.2) is 24.2 Å². The van der Waals surface area contributed by atoms with E-state index in [-0.39, 0.29) is 18.0 Å². The lowest BCUT2D eigenvalue weighted by Crippen LogP contribution is -2.31. The zero-order valence-corrected chi connectivity index (χ0v) is 10.7. The Bertz CT molecular complexity index is 423. The average molecular weight is 274 g/mol. The van der Waals surface area contributed by atoms with Gasteiger partial charge >= 0.3 is 6.18 Å². The first-order valence-corrected chi connectivity index (χ1v) is 6.32. The van der Waals surface area contributed by atoms with E-state index >= 15 is 0 Å². The largest absolute Gasteiger partial charge is 0.433 e. The molecular weight excluding hydrogens is 257 g/mol. The van der Waals surface area contributed by atoms with Gasteiger partial charge in [-0.1, -0.05) is 6.07 Å². The standard InChI is InChI=1S/C13H17F3N2O/c1-19-10-5-2-4-9(8-10)17-12-7-3-6-11(18-12)13(14,15)16/h3,6-7,9-10H,2,4-5,8H2,1H3,(H,17,18). The van der Waals surface area contributed by atoms with Crippen molar-refractivity contribution in [3.8, 4) is 0 Å². The van der Waals surface area contributed by atoms with Crippen LogP contribution in [0, 0.1) is 0 Å². The SMILES string of the molecule is COC1CCCC(Nc2cccc(C(F)(F)F)n2)C1. The Morgan fingerprint density at radius 3 is 2.79 bits per heavy atom. The fraction of sp³-hybridized carbons (Fsp3) is 0.615. The molecule has 0 aromatic carbocycles. The van der Waals surface area contributed by atoms with Crippen LogP contribution in [0.3, 0.4) is 0 Å². The molecule has 1 fully saturated rings. The number of nitrogens with one attached hydrogen (secondary N) is 1. The average Bonchev–Trinajstić information content (AvgIpc) is 2.38. The van der Waals surface area contributed by atoms with Gasteiger partial charge in [0.15, 0.2) is 0 Å². The van der Waals surface area contributed by atoms with E-state index in [4.69, 9.17) is 4.74 Å². The molecule has 2 atom stereocenters. The van der Waals surface area contributed by atoms with Crippen LogP contribution >= 0.6 is 0 Å². The first-order valence-electron chi connectivity index (χ1n) is 6.32. The van der Waals surface area contributed by atoms with Crippen LogP contribution in [-0.2, 0) is 10.9 Å². The molecule has 106 valence electrons. The topological polar surface area (TPSA) is 34.1 Å². The lowest BCUT2D eigenvalue weighted by atomic mass is 9.93. The number of rotatable bonds is 3. The highest BCUT2D eigenvalue weighted by molar-refractivity contribution is 5.37. The molecule has 1 N–H and O–H groups in total. The van der Waals surface area contributed by atoms with E-state index in [1.165, 1.54) is 6.07 Å². The van der Waals surface area contributed by atoms with Gasteiger partial charge in [0.2, 0.25) is 0 Å². The lowest BCUT2D eigenvalue weighted by molar-refractivity contribution is -0.141. The highest BCUT2D eigenvalue weighted by atomic mass is 19.4. The van der Waals surface area contributed by atoms with Crippen LogP contribution in [0.2, 0.25) is 0 Å². The number of methoxy groups -OCH3 is 1. The van der Waals surface area contributed by atoms with Crippen molar-refractivity contribution in [2.24, 2.45) is 0 Å². The summed E-state index contributed by atoms with van der Waals surface area (Å²) in [6, 6.07) is 4.03. The molecule has 2 rings (SSSR count). The number of nitrogens with zero attached hydrogens (tertiary/aromatic N) is 1. The molecule has 6 heteroatoms. The predicted molar refractivity (Wildman–Crippen MR) is 65.9 cm³/mol. The van der Waals surface area contributed by atoms with Crippen molar-refractivity contribution in [3.05, 3.63) is 23.9 Å². The van der Waals surface area contributed by atoms with Crippen molar-refractivity contribution in [2.45, 2.75) is 44.0 Å². The van der Waals surface area contributed by atoms with Gasteiger partial charge in [0.25, 0.3) is 0 Å². The van der Waals surface area contributed by atoms with Gasteiger partial charge in [0, 0.05) is 13.2 Å². The second-order valence-electron chi connectivity index (χ2n) is 4.77. The Kier molecular flexibility index (Phi) is 4.29. The summed E-state index contributed by atoms with van der Waals surface area (Å²) in [5.74, 6) is 0.275. The van der Waals surface area contributed by atoms with Crippen molar-refractivity contribution in [3.63, 3.8) is 0 Å². The van der Waals surface area contributed by atoms with E-state index in [1.807, 2.05) is 0 Å². The maximum absolute atomic E-state index is 12.6. The molecule has 1 aromatic heterocycles. The lowest BCUT2D eigenvalue weighted by Gasteiger charge is -2.29. The Hall–Kier alpha value is -1.30. The van der Waals surface area contributed by atoms with E-state index in [9.17, 15) is 13.2 Å². The number of hydrogen-bond donors (Lipinski definition) is 1. The Balaban J connectivity index is 2.03. The van der Waals surface area contributed by atoms with Gasteiger partial charge in [-0.05, 0) is 37.8 Å². The molecule has 0 spiro atoms. The molecule has 0 amide bonds. The van der Waals surface area contributed by atoms with Crippen LogP contribution in [0.5, 0.6) is 0 Å². The molecule has 0 radical (unpaired) electrons. The number of pyridine rings is 1. The Morgan fingerprint density at radius 1 is 1.32 bits per heavy atom. The fourth-order valence-corrected chi connectivity index (χ4v) is 2.37. The minimum atomic E-state index is -4.40. The Morgan fingerprint density at radius 2 is 2.11 bits per heavy atom. The highest BCUT2D eigenvalue weighted by Crippen LogP contribution is 2.29. The molecule has 0 saturated heterocycles. The summed E-state index contributed by atoms with van der Waals surface area (Å²) in [7, 11) is 1.66. The summed E-state index contributed by atoms with van der Waals surface area (Å²) in [6.45, 7) is 0. The zero-order chi connectivity index (χ0) is 13.9. The fourth-order valence-electron chi connectivity index (χ4n) is 2.37. The van der Waals surface area contributed by atoms with Gasteiger partial charge in [-0.25, -0.2) is 4.98 Å². The minimum absolute atomic E-state index is 0.120. The molecule has 1 heterocycles. The molecule has 1 aromatic rings. The second-order valence-corrected chi connectivity index (χ2v) is 4.77. The molecule has 0 bridgehead atoms. The zero-order valence-electron chi connectivity index (χ0n) is 10.7. The van der Waals surface area contributed by atoms with Crippen molar-refractivity contribution in [1.29, 1.82) is 0 Å². The van der Waals surface area contributed by atoms with Crippen molar-refractivity contribution in [1.82, 2.24) is 4.98 Å². The monoisotopic (exact) mass is 274 g/mol. The van der Waals surface area contributed by atoms with Gasteiger partial charge < -0.3 is 10.1 Å². The van der Waals surface area contributed by atoms with Crippen molar-refractivity contribution < 1.29 is 17.9 Å². The molecule has 1 saturated carbocycles. The summed E-state index contributed by atoms with van der Waals surface area (Å²) in [5, 5.41) is 3.07. The van der Waals surface area contributed by atoms with Crippen molar-refractivity contribution in [2.75, 3.05) is 12.4 Å². The molecule has 19 heavy (non-hydrogen) atoms. The molecule has 3 nitrogen and oxygen atoms in total. The number of anilines is 1. The number of ether oxygens (including phenoxy) is 1. The number of aromatic nitrogens is 1. The quantitative estimate of drug-likeness (QED) is 0.916. The van der Waals surface area contributed by atoms with Gasteiger partial charge in [-0.15, -0.1) is 0 Å². The van der Waals surface area contributed by atoms with E-state index < -0.39 is 11.9 Å². The van der Waals surface area contributed by atoms with Gasteiger partial charge in [-0.3, -0.25) is 0 Å². The van der Waals surface area contributed by atoms with E-state index in [0.29, 0.717) is 0 Å². The van der Waals surface area contributed by atoms with Crippen LogP contribution in [0.1, 0.15) is 31.4 Å². The van der Waals surface area contributed by atoms with Gasteiger partial charge in [0.1, 0.15) is 11.5 Å². The number of halogens is 3. The van der Waals surface area contributed by atoms with Gasteiger partial charge in [-0.2, -0.15) is 13.2 Å². The molecule has 0 aliphatic heterocycles. The maximum atomic E-state index is 12.6. The summed E-state index contributed by atoms with van der Waals surface area (Å²) in [4.78, 5) is 3.61. The number of hydrogen-bond acceptors (Lipinski definition) is 3. The summed E-state index contributed by atoms with van der Waals surface area (Å²) in [6.07, 6.45) is -0.484. The Labute approximate surface area is 110 Å². The first-order chi connectivity index (χ1) is 8.99. The van der Waals surface area contributed by atoms with Crippen LogP contribution < -0.4 is 5.32 Å². The first kappa shape index (κ1) is 14.1. The third kappa shape index (κ3) is 3.83. The number of alkyl halides is 3. The van der Waals surface area contributed by atoms with Crippen LogP contribution in [0.4, 0.5) is 19.0 Å². The highest BCUT2D eigenvalue weighted by Gasteiger charge is 2.32. The van der Waals surface area contributed by atoms with Gasteiger partial charge in [0.05, 0.1) is 6.10 Å². The van der Waals surface area contributed by atoms with E-state index in [2.05, 4.69) is 10.3 Å². The smallest absolute Gasteiger partial charge is 0.381 e. The van der Waals surface area contributed by atoms with Crippen LogP contribution in [0.25, 0.3) is 0 Å². The van der Waals surface area contributed by atoms with Crippen molar-refractivity contribution >= 4 is 5.82 Å². The minimum Gasteiger partial charge on any atom is -0.381 e. The van der Waals surface area contributed by atoms with Crippen LogP contribution in [0.15, 0.2) is 18.2 Å². The molecule has 1 aliphatic rings. The maximum Gasteiger partial charge on any atom is 0.433 e. The third-order valence-corrected chi connectivity index (χ3v) is 3.35. The summed E-state index contributed by atoms with van der Waals surface area (Å²) >= 11 is 0. The van der Waals surface area contributed by atoms with E-state index in [0.717, 1.165) is 31.7 Å². The third-order valence-electron chi connectivity index (χ3n) is 3.35. The summed E-state index contributed by atoms with van der Waals surface area (Å²) in [5.41, 5.74) is -0.864.